The quantitative estimate of drug-likeness (QED) is 0.289. The number of fused-ring (bicyclic) bond motifs is 2. The standard InChI is InChI=1S/C35H51N7O3/c1-6-24(7-2)38-31-18-29(22(5)15-30(31)33(36)43)35(45)40-26-16-27-11-12-28(17-26)42(27)32-13-10-23(19-37-32)34(44)39-25-9-8-14-41(20-25)21(3)4/h10,13,15,18-19,21,24-28,38H,6-9,11-12,14,16-17,20H2,1-5H3,(H2,36,43)(H,39,44)(H,40,45)/t25-,26-,27+,28-/m1/s1. The van der Waals surface area contributed by atoms with Crippen LogP contribution in [0.1, 0.15) is 116 Å². The van der Waals surface area contributed by atoms with E-state index in [0.717, 1.165) is 75.8 Å². The number of rotatable bonds is 11. The van der Waals surface area contributed by atoms with Crippen LogP contribution in [0, 0.1) is 6.92 Å². The van der Waals surface area contributed by atoms with E-state index in [1.807, 2.05) is 19.1 Å². The van der Waals surface area contributed by atoms with Crippen molar-refractivity contribution in [2.45, 2.75) is 122 Å². The van der Waals surface area contributed by atoms with E-state index in [1.165, 1.54) is 0 Å². The number of carbonyl (C=O) groups is 3. The average molecular weight is 618 g/mol. The number of benzene rings is 1. The van der Waals surface area contributed by atoms with Gasteiger partial charge in [-0.05, 0) is 109 Å². The van der Waals surface area contributed by atoms with Crippen LogP contribution in [0.25, 0.3) is 0 Å². The summed E-state index contributed by atoms with van der Waals surface area (Å²) in [5.74, 6) is 0.192. The van der Waals surface area contributed by atoms with Gasteiger partial charge >= 0.3 is 0 Å². The molecule has 1 aromatic carbocycles. The zero-order chi connectivity index (χ0) is 32.2. The molecule has 2 aromatic rings. The van der Waals surface area contributed by atoms with E-state index in [9.17, 15) is 14.4 Å². The van der Waals surface area contributed by atoms with E-state index >= 15 is 0 Å². The molecule has 3 fully saturated rings. The molecule has 3 saturated heterocycles. The van der Waals surface area contributed by atoms with Crippen molar-refractivity contribution < 1.29 is 14.4 Å². The Hall–Kier alpha value is -3.66. The van der Waals surface area contributed by atoms with Crippen LogP contribution in [-0.4, -0.2) is 76.9 Å². The van der Waals surface area contributed by atoms with E-state index in [-0.39, 0.29) is 42.0 Å². The third-order valence-electron chi connectivity index (χ3n) is 10.1. The Bertz CT molecular complexity index is 1360. The highest BCUT2D eigenvalue weighted by Crippen LogP contribution is 2.39. The van der Waals surface area contributed by atoms with Gasteiger partial charge in [-0.15, -0.1) is 0 Å². The van der Waals surface area contributed by atoms with Crippen LogP contribution in [0.4, 0.5) is 11.5 Å². The number of aryl methyl sites for hydroxylation is 1. The van der Waals surface area contributed by atoms with Crippen molar-refractivity contribution in [1.82, 2.24) is 20.5 Å². The fourth-order valence-corrected chi connectivity index (χ4v) is 7.46. The first-order valence-corrected chi connectivity index (χ1v) is 16.9. The van der Waals surface area contributed by atoms with E-state index in [0.29, 0.717) is 28.4 Å². The van der Waals surface area contributed by atoms with Crippen molar-refractivity contribution in [3.05, 3.63) is 52.7 Å². The molecule has 5 rings (SSSR count). The summed E-state index contributed by atoms with van der Waals surface area (Å²) in [6.07, 6.45) is 9.35. The third-order valence-corrected chi connectivity index (χ3v) is 10.1. The highest BCUT2D eigenvalue weighted by atomic mass is 16.2. The number of hydrogen-bond acceptors (Lipinski definition) is 7. The fourth-order valence-electron chi connectivity index (χ4n) is 7.46. The Morgan fingerprint density at radius 2 is 1.64 bits per heavy atom. The highest BCUT2D eigenvalue weighted by molar-refractivity contribution is 6.03. The van der Waals surface area contributed by atoms with E-state index in [4.69, 9.17) is 10.7 Å². The molecule has 0 aliphatic carbocycles. The second-order valence-electron chi connectivity index (χ2n) is 13.5. The number of nitrogens with two attached hydrogens (primary N) is 1. The number of primary amides is 1. The summed E-state index contributed by atoms with van der Waals surface area (Å²) < 4.78 is 0. The number of likely N-dealkylation sites (tertiary alicyclic amines) is 1. The van der Waals surface area contributed by atoms with E-state index in [1.54, 1.807) is 18.3 Å². The summed E-state index contributed by atoms with van der Waals surface area (Å²) in [5.41, 5.74) is 8.58. The van der Waals surface area contributed by atoms with Gasteiger partial charge in [0.2, 0.25) is 0 Å². The molecule has 0 saturated carbocycles. The second-order valence-corrected chi connectivity index (χ2v) is 13.5. The van der Waals surface area contributed by atoms with Gasteiger partial charge in [-0.25, -0.2) is 4.98 Å². The molecule has 0 unspecified atom stereocenters. The number of anilines is 2. The molecule has 244 valence electrons. The van der Waals surface area contributed by atoms with Crippen LogP contribution in [0.15, 0.2) is 30.5 Å². The Morgan fingerprint density at radius 3 is 2.24 bits per heavy atom. The first kappa shape index (κ1) is 32.7. The smallest absolute Gasteiger partial charge is 0.253 e. The van der Waals surface area contributed by atoms with Crippen LogP contribution in [0.2, 0.25) is 0 Å². The molecule has 10 nitrogen and oxygen atoms in total. The second kappa shape index (κ2) is 14.2. The Kier molecular flexibility index (Phi) is 10.3. The SMILES string of the molecule is CCC(CC)Nc1cc(C(=O)N[C@H]2C[C@H]3CC[C@@H](C2)N3c2ccc(C(=O)N[C@@H]3CCCN(C(C)C)C3)cn2)c(C)cc1C(N)=O. The fraction of sp³-hybridized carbons (Fsp3) is 0.600. The van der Waals surface area contributed by atoms with Crippen LogP contribution in [-0.2, 0) is 0 Å². The van der Waals surface area contributed by atoms with Gasteiger partial charge < -0.3 is 26.6 Å². The topological polar surface area (TPSA) is 133 Å². The van der Waals surface area contributed by atoms with Crippen LogP contribution in [0.3, 0.4) is 0 Å². The summed E-state index contributed by atoms with van der Waals surface area (Å²) in [7, 11) is 0. The molecule has 5 N–H and O–H groups in total. The van der Waals surface area contributed by atoms with Crippen LogP contribution >= 0.6 is 0 Å². The maximum atomic E-state index is 13.6. The molecule has 2 bridgehead atoms. The van der Waals surface area contributed by atoms with Gasteiger partial charge in [0.25, 0.3) is 17.7 Å². The minimum absolute atomic E-state index is 0.0443. The van der Waals surface area contributed by atoms with Gasteiger partial charge in [0.1, 0.15) is 5.82 Å². The first-order chi connectivity index (χ1) is 21.6. The molecule has 0 radical (unpaired) electrons. The lowest BCUT2D eigenvalue weighted by Crippen LogP contribution is -2.51. The van der Waals surface area contributed by atoms with Crippen LogP contribution in [0.5, 0.6) is 0 Å². The lowest BCUT2D eigenvalue weighted by atomic mass is 9.95. The number of nitrogens with zero attached hydrogens (tertiary/aromatic N) is 3. The van der Waals surface area contributed by atoms with Crippen molar-refractivity contribution in [3.8, 4) is 0 Å². The van der Waals surface area contributed by atoms with Crippen molar-refractivity contribution in [3.63, 3.8) is 0 Å². The normalized spacial score (nSPS) is 23.3. The van der Waals surface area contributed by atoms with Crippen molar-refractivity contribution in [2.24, 2.45) is 5.73 Å². The van der Waals surface area contributed by atoms with Crippen molar-refractivity contribution in [2.75, 3.05) is 23.3 Å². The largest absolute Gasteiger partial charge is 0.382 e. The molecule has 3 aliphatic rings. The Morgan fingerprint density at radius 1 is 0.956 bits per heavy atom. The molecule has 10 heteroatoms. The molecular formula is C35H51N7O3. The molecule has 4 atom stereocenters. The maximum absolute atomic E-state index is 13.6. The zero-order valence-electron chi connectivity index (χ0n) is 27.6. The number of hydrogen-bond donors (Lipinski definition) is 4. The number of aromatic nitrogens is 1. The summed E-state index contributed by atoms with van der Waals surface area (Å²) in [4.78, 5) is 48.3. The first-order valence-electron chi connectivity index (χ1n) is 16.9. The molecular weight excluding hydrogens is 566 g/mol. The van der Waals surface area contributed by atoms with Gasteiger partial charge in [0, 0.05) is 60.2 Å². The Balaban J connectivity index is 1.21. The number of amides is 3. The lowest BCUT2D eigenvalue weighted by molar-refractivity contribution is 0.0884. The molecule has 3 aliphatic heterocycles. The predicted molar refractivity (Wildman–Crippen MR) is 179 cm³/mol. The van der Waals surface area contributed by atoms with Crippen molar-refractivity contribution >= 4 is 29.2 Å². The van der Waals surface area contributed by atoms with E-state index < -0.39 is 5.91 Å². The maximum Gasteiger partial charge on any atom is 0.253 e. The van der Waals surface area contributed by atoms with Gasteiger partial charge in [0.15, 0.2) is 0 Å². The molecule has 0 spiro atoms. The Labute approximate surface area is 267 Å². The highest BCUT2D eigenvalue weighted by Gasteiger charge is 2.42. The number of piperidine rings is 2. The molecule has 45 heavy (non-hydrogen) atoms. The number of carbonyl (C=O) groups excluding carboxylic acids is 3. The minimum Gasteiger partial charge on any atom is -0.382 e. The summed E-state index contributed by atoms with van der Waals surface area (Å²) in [5, 5.41) is 9.93. The number of nitrogens with one attached hydrogen (secondary N) is 3. The predicted octanol–water partition coefficient (Wildman–Crippen LogP) is 4.62. The summed E-state index contributed by atoms with van der Waals surface area (Å²) >= 11 is 0. The lowest BCUT2D eigenvalue weighted by Gasteiger charge is -2.40. The van der Waals surface area contributed by atoms with Crippen molar-refractivity contribution in [1.29, 1.82) is 0 Å². The summed E-state index contributed by atoms with van der Waals surface area (Å²) in [6, 6.07) is 8.78. The third kappa shape index (κ3) is 7.43. The van der Waals surface area contributed by atoms with Gasteiger partial charge in [-0.1, -0.05) is 13.8 Å². The monoisotopic (exact) mass is 617 g/mol. The van der Waals surface area contributed by atoms with E-state index in [2.05, 4.69) is 53.4 Å². The molecule has 4 heterocycles. The summed E-state index contributed by atoms with van der Waals surface area (Å²) in [6.45, 7) is 12.4. The molecule has 1 aromatic heterocycles. The average Bonchev–Trinajstić information content (AvgIpc) is 3.29. The van der Waals surface area contributed by atoms with Gasteiger partial charge in [-0.2, -0.15) is 0 Å². The minimum atomic E-state index is -0.507. The zero-order valence-corrected chi connectivity index (χ0v) is 27.6. The van der Waals surface area contributed by atoms with Gasteiger partial charge in [0.05, 0.1) is 11.1 Å². The van der Waals surface area contributed by atoms with Gasteiger partial charge in [-0.3, -0.25) is 19.3 Å². The van der Waals surface area contributed by atoms with Crippen LogP contribution < -0.4 is 26.6 Å². The molecule has 3 amide bonds. The number of pyridine rings is 1.